The minimum Gasteiger partial charge on any atom is -0.481 e. The van der Waals surface area contributed by atoms with Crippen molar-refractivity contribution in [1.82, 2.24) is 0 Å². The molecule has 1 fully saturated rings. The van der Waals surface area contributed by atoms with Crippen molar-refractivity contribution >= 4 is 5.97 Å². The smallest absolute Gasteiger partial charge is 0.306 e. The van der Waals surface area contributed by atoms with Crippen LogP contribution in [-0.2, 0) is 11.2 Å². The zero-order valence-corrected chi connectivity index (χ0v) is 11.6. The van der Waals surface area contributed by atoms with Crippen LogP contribution in [0.1, 0.15) is 50.5 Å². The molecular formula is C17H24O2. The molecular weight excluding hydrogens is 236 g/mol. The van der Waals surface area contributed by atoms with Crippen molar-refractivity contribution < 1.29 is 9.90 Å². The van der Waals surface area contributed by atoms with Crippen LogP contribution in [0.4, 0.5) is 0 Å². The van der Waals surface area contributed by atoms with Gasteiger partial charge in [-0.25, -0.2) is 0 Å². The lowest BCUT2D eigenvalue weighted by molar-refractivity contribution is -0.144. The highest BCUT2D eigenvalue weighted by molar-refractivity contribution is 5.70. The summed E-state index contributed by atoms with van der Waals surface area (Å²) in [6.07, 6.45) is 8.73. The number of hydrogen-bond acceptors (Lipinski definition) is 1. The Labute approximate surface area is 115 Å². The first-order valence-corrected chi connectivity index (χ1v) is 7.54. The van der Waals surface area contributed by atoms with Gasteiger partial charge < -0.3 is 5.11 Å². The molecule has 0 aliphatic heterocycles. The van der Waals surface area contributed by atoms with E-state index in [1.807, 2.05) is 6.07 Å². The minimum absolute atomic E-state index is 0.0988. The fourth-order valence-corrected chi connectivity index (χ4v) is 3.26. The summed E-state index contributed by atoms with van der Waals surface area (Å²) in [5.74, 6) is -0.237. The second kappa shape index (κ2) is 7.32. The fraction of sp³-hybridized carbons (Fsp3) is 0.588. The zero-order valence-electron chi connectivity index (χ0n) is 11.6. The molecule has 2 rings (SSSR count). The number of hydrogen-bond donors (Lipinski definition) is 1. The largest absolute Gasteiger partial charge is 0.481 e. The molecule has 0 amide bonds. The van der Waals surface area contributed by atoms with Crippen molar-refractivity contribution in [2.45, 2.75) is 51.4 Å². The molecule has 1 aliphatic rings. The summed E-state index contributed by atoms with van der Waals surface area (Å²) in [5, 5.41) is 9.35. The summed E-state index contributed by atoms with van der Waals surface area (Å²) in [6, 6.07) is 10.4. The normalized spacial score (nSPS) is 17.5. The van der Waals surface area contributed by atoms with E-state index < -0.39 is 5.97 Å². The van der Waals surface area contributed by atoms with Crippen LogP contribution in [0.15, 0.2) is 30.3 Å². The van der Waals surface area contributed by atoms with Crippen LogP contribution >= 0.6 is 0 Å². The molecule has 1 atom stereocenters. The molecule has 0 spiro atoms. The predicted octanol–water partition coefficient (Wildman–Crippen LogP) is 4.29. The van der Waals surface area contributed by atoms with Gasteiger partial charge in [-0.15, -0.1) is 0 Å². The van der Waals surface area contributed by atoms with Crippen LogP contribution in [-0.4, -0.2) is 11.1 Å². The van der Waals surface area contributed by atoms with Crippen LogP contribution in [0.3, 0.4) is 0 Å². The first-order valence-electron chi connectivity index (χ1n) is 7.54. The Hall–Kier alpha value is -1.31. The molecule has 19 heavy (non-hydrogen) atoms. The van der Waals surface area contributed by atoms with Gasteiger partial charge in [0.15, 0.2) is 0 Å². The zero-order chi connectivity index (χ0) is 13.5. The summed E-state index contributed by atoms with van der Waals surface area (Å²) in [7, 11) is 0. The van der Waals surface area contributed by atoms with E-state index in [9.17, 15) is 9.90 Å². The number of unbranched alkanes of at least 4 members (excludes halogenated alkanes) is 1. The molecule has 0 saturated heterocycles. The third-order valence-electron chi connectivity index (χ3n) is 4.36. The number of benzene rings is 1. The van der Waals surface area contributed by atoms with E-state index in [0.717, 1.165) is 38.5 Å². The summed E-state index contributed by atoms with van der Waals surface area (Å²) in [4.78, 5) is 11.4. The standard InChI is InChI=1S/C17H24O2/c18-17(19)16(15-11-5-6-12-15)13-7-4-10-14-8-2-1-3-9-14/h1-3,8-9,15-16H,4-7,10-13H2,(H,18,19). The summed E-state index contributed by atoms with van der Waals surface area (Å²) in [6.45, 7) is 0. The first-order chi connectivity index (χ1) is 9.27. The molecule has 1 unspecified atom stereocenters. The van der Waals surface area contributed by atoms with Crippen LogP contribution < -0.4 is 0 Å². The maximum Gasteiger partial charge on any atom is 0.306 e. The molecule has 0 heterocycles. The van der Waals surface area contributed by atoms with E-state index in [1.165, 1.54) is 18.4 Å². The number of carboxylic acid groups (broad SMARTS) is 1. The second-order valence-corrected chi connectivity index (χ2v) is 5.72. The van der Waals surface area contributed by atoms with E-state index in [4.69, 9.17) is 0 Å². The molecule has 2 heteroatoms. The molecule has 2 nitrogen and oxygen atoms in total. The third-order valence-corrected chi connectivity index (χ3v) is 4.36. The molecule has 0 aromatic heterocycles. The molecule has 1 aliphatic carbocycles. The topological polar surface area (TPSA) is 37.3 Å². The lowest BCUT2D eigenvalue weighted by Crippen LogP contribution is -2.21. The van der Waals surface area contributed by atoms with Gasteiger partial charge in [-0.2, -0.15) is 0 Å². The Morgan fingerprint density at radius 3 is 2.47 bits per heavy atom. The lowest BCUT2D eigenvalue weighted by Gasteiger charge is -2.18. The van der Waals surface area contributed by atoms with Gasteiger partial charge in [0.2, 0.25) is 0 Å². The van der Waals surface area contributed by atoms with E-state index >= 15 is 0 Å². The highest BCUT2D eigenvalue weighted by atomic mass is 16.4. The van der Waals surface area contributed by atoms with E-state index in [1.54, 1.807) is 0 Å². The van der Waals surface area contributed by atoms with Crippen molar-refractivity contribution in [2.24, 2.45) is 11.8 Å². The van der Waals surface area contributed by atoms with Crippen molar-refractivity contribution in [3.8, 4) is 0 Å². The molecule has 1 aromatic carbocycles. The Morgan fingerprint density at radius 1 is 1.16 bits per heavy atom. The lowest BCUT2D eigenvalue weighted by atomic mass is 9.86. The summed E-state index contributed by atoms with van der Waals surface area (Å²) < 4.78 is 0. The Morgan fingerprint density at radius 2 is 1.84 bits per heavy atom. The number of carbonyl (C=O) groups is 1. The van der Waals surface area contributed by atoms with E-state index in [0.29, 0.717) is 5.92 Å². The van der Waals surface area contributed by atoms with Crippen LogP contribution in [0.25, 0.3) is 0 Å². The molecule has 104 valence electrons. The Kier molecular flexibility index (Phi) is 5.44. The molecule has 0 bridgehead atoms. The molecule has 1 saturated carbocycles. The van der Waals surface area contributed by atoms with Gasteiger partial charge in [-0.3, -0.25) is 4.79 Å². The van der Waals surface area contributed by atoms with Crippen molar-refractivity contribution in [1.29, 1.82) is 0 Å². The average Bonchev–Trinajstić information content (AvgIpc) is 2.93. The van der Waals surface area contributed by atoms with E-state index in [-0.39, 0.29) is 5.92 Å². The van der Waals surface area contributed by atoms with E-state index in [2.05, 4.69) is 24.3 Å². The van der Waals surface area contributed by atoms with Crippen LogP contribution in [0, 0.1) is 11.8 Å². The SMILES string of the molecule is O=C(O)C(CCCCc1ccccc1)C1CCCC1. The maximum atomic E-state index is 11.4. The van der Waals surface area contributed by atoms with Crippen molar-refractivity contribution in [2.75, 3.05) is 0 Å². The maximum absolute atomic E-state index is 11.4. The van der Waals surface area contributed by atoms with Gasteiger partial charge in [0.1, 0.15) is 0 Å². The third kappa shape index (κ3) is 4.38. The number of rotatable bonds is 7. The van der Waals surface area contributed by atoms with Gasteiger partial charge in [0, 0.05) is 0 Å². The summed E-state index contributed by atoms with van der Waals surface area (Å²) >= 11 is 0. The van der Waals surface area contributed by atoms with Crippen molar-refractivity contribution in [3.05, 3.63) is 35.9 Å². The first kappa shape index (κ1) is 14.1. The monoisotopic (exact) mass is 260 g/mol. The number of aryl methyl sites for hydroxylation is 1. The number of carboxylic acids is 1. The number of aliphatic carboxylic acids is 1. The van der Waals surface area contributed by atoms with Gasteiger partial charge in [0.05, 0.1) is 5.92 Å². The average molecular weight is 260 g/mol. The predicted molar refractivity (Wildman–Crippen MR) is 77.1 cm³/mol. The quantitative estimate of drug-likeness (QED) is 0.742. The second-order valence-electron chi connectivity index (χ2n) is 5.72. The fourth-order valence-electron chi connectivity index (χ4n) is 3.26. The van der Waals surface area contributed by atoms with Gasteiger partial charge >= 0.3 is 5.97 Å². The van der Waals surface area contributed by atoms with Gasteiger partial charge in [0.25, 0.3) is 0 Å². The molecule has 1 aromatic rings. The highest BCUT2D eigenvalue weighted by Crippen LogP contribution is 2.34. The Balaban J connectivity index is 1.72. The Bertz CT molecular complexity index is 380. The van der Waals surface area contributed by atoms with Crippen molar-refractivity contribution in [3.63, 3.8) is 0 Å². The summed E-state index contributed by atoms with van der Waals surface area (Å²) in [5.41, 5.74) is 1.36. The molecule has 1 N–H and O–H groups in total. The molecule has 0 radical (unpaired) electrons. The minimum atomic E-state index is -0.577. The van der Waals surface area contributed by atoms with Gasteiger partial charge in [-0.1, -0.05) is 49.6 Å². The van der Waals surface area contributed by atoms with Gasteiger partial charge in [-0.05, 0) is 43.6 Å². The highest BCUT2D eigenvalue weighted by Gasteiger charge is 2.29. The van der Waals surface area contributed by atoms with Crippen LogP contribution in [0.2, 0.25) is 0 Å². The van der Waals surface area contributed by atoms with Crippen LogP contribution in [0.5, 0.6) is 0 Å².